The average Bonchev–Trinajstić information content (AvgIpc) is 2.96. The second-order valence-electron chi connectivity index (χ2n) is 9.23. The molecule has 0 aliphatic rings. The number of ether oxygens (including phenoxy) is 1. The summed E-state index contributed by atoms with van der Waals surface area (Å²) in [6.07, 6.45) is 0. The highest BCUT2D eigenvalue weighted by molar-refractivity contribution is 7.92. The predicted octanol–water partition coefficient (Wildman–Crippen LogP) is 5.33. The molecular formula is C31H31N3O5S. The number of carbonyl (C=O) groups is 2. The molecule has 2 amide bonds. The number of sulfonamides is 1. The van der Waals surface area contributed by atoms with Gasteiger partial charge in [-0.3, -0.25) is 13.9 Å². The van der Waals surface area contributed by atoms with Gasteiger partial charge in [0.1, 0.15) is 12.3 Å². The molecule has 0 aromatic heterocycles. The zero-order valence-electron chi connectivity index (χ0n) is 22.5. The van der Waals surface area contributed by atoms with Gasteiger partial charge in [0.05, 0.1) is 35.0 Å². The quantitative estimate of drug-likeness (QED) is 0.274. The van der Waals surface area contributed by atoms with E-state index in [2.05, 4.69) is 10.6 Å². The van der Waals surface area contributed by atoms with Gasteiger partial charge in [0.25, 0.3) is 15.9 Å². The molecule has 9 heteroatoms. The molecule has 0 spiro atoms. The van der Waals surface area contributed by atoms with E-state index in [4.69, 9.17) is 4.74 Å². The van der Waals surface area contributed by atoms with Gasteiger partial charge in [0, 0.05) is 6.07 Å². The van der Waals surface area contributed by atoms with Crippen molar-refractivity contribution in [3.05, 3.63) is 120 Å². The number of amides is 2. The molecule has 0 aliphatic heterocycles. The summed E-state index contributed by atoms with van der Waals surface area (Å²) < 4.78 is 33.7. The van der Waals surface area contributed by atoms with Crippen LogP contribution in [0.5, 0.6) is 5.75 Å². The lowest BCUT2D eigenvalue weighted by Crippen LogP contribution is -2.38. The molecule has 8 nitrogen and oxygen atoms in total. The van der Waals surface area contributed by atoms with Gasteiger partial charge in [-0.1, -0.05) is 66.2 Å². The Hall–Kier alpha value is -4.63. The van der Waals surface area contributed by atoms with Gasteiger partial charge in [-0.2, -0.15) is 0 Å². The van der Waals surface area contributed by atoms with Crippen molar-refractivity contribution in [2.24, 2.45) is 0 Å². The number of aryl methyl sites for hydroxylation is 1. The average molecular weight is 558 g/mol. The van der Waals surface area contributed by atoms with Crippen molar-refractivity contribution in [3.63, 3.8) is 0 Å². The lowest BCUT2D eigenvalue weighted by molar-refractivity contribution is -0.114. The molecule has 40 heavy (non-hydrogen) atoms. The first-order valence-electron chi connectivity index (χ1n) is 12.7. The zero-order valence-corrected chi connectivity index (χ0v) is 23.3. The van der Waals surface area contributed by atoms with E-state index in [-0.39, 0.29) is 33.8 Å². The molecule has 4 aromatic carbocycles. The molecule has 0 radical (unpaired) electrons. The van der Waals surface area contributed by atoms with E-state index in [1.807, 2.05) is 44.2 Å². The molecule has 0 fully saturated rings. The topological polar surface area (TPSA) is 105 Å². The molecule has 0 saturated heterocycles. The summed E-state index contributed by atoms with van der Waals surface area (Å²) in [5.41, 5.74) is 2.63. The number of anilines is 2. The molecule has 0 heterocycles. The van der Waals surface area contributed by atoms with Crippen LogP contribution >= 0.6 is 0 Å². The van der Waals surface area contributed by atoms with Crippen LogP contribution in [0.25, 0.3) is 0 Å². The maximum absolute atomic E-state index is 13.7. The SMILES string of the molecule is COc1cccc(N(CC(=O)Nc2ccccc2C(=O)N[C@@H](C)c2ccccc2)S(=O)(=O)c2ccc(C)cc2)c1. The molecule has 2 N–H and O–H groups in total. The molecule has 4 aromatic rings. The first-order valence-corrected chi connectivity index (χ1v) is 14.1. The van der Waals surface area contributed by atoms with E-state index >= 15 is 0 Å². The number of methoxy groups -OCH3 is 1. The number of nitrogens with zero attached hydrogens (tertiary/aromatic N) is 1. The third-order valence-electron chi connectivity index (χ3n) is 6.33. The molecular weight excluding hydrogens is 526 g/mol. The van der Waals surface area contributed by atoms with Gasteiger partial charge in [0.2, 0.25) is 5.91 Å². The van der Waals surface area contributed by atoms with E-state index in [9.17, 15) is 18.0 Å². The number of benzene rings is 4. The van der Waals surface area contributed by atoms with Gasteiger partial charge < -0.3 is 15.4 Å². The minimum atomic E-state index is -4.12. The van der Waals surface area contributed by atoms with E-state index in [1.165, 1.54) is 19.2 Å². The third kappa shape index (κ3) is 6.68. The highest BCUT2D eigenvalue weighted by Crippen LogP contribution is 2.27. The van der Waals surface area contributed by atoms with Gasteiger partial charge >= 0.3 is 0 Å². The van der Waals surface area contributed by atoms with Crippen molar-refractivity contribution in [1.29, 1.82) is 0 Å². The Labute approximate surface area is 234 Å². The molecule has 0 bridgehead atoms. The summed E-state index contributed by atoms with van der Waals surface area (Å²) in [6.45, 7) is 3.20. The number of para-hydroxylation sites is 1. The fourth-order valence-electron chi connectivity index (χ4n) is 4.13. The smallest absolute Gasteiger partial charge is 0.264 e. The summed E-state index contributed by atoms with van der Waals surface area (Å²) >= 11 is 0. The Bertz CT molecular complexity index is 1590. The van der Waals surface area contributed by atoms with Crippen LogP contribution in [-0.4, -0.2) is 33.9 Å². The van der Waals surface area contributed by atoms with Gasteiger partial charge in [-0.25, -0.2) is 8.42 Å². The maximum Gasteiger partial charge on any atom is 0.264 e. The van der Waals surface area contributed by atoms with Crippen molar-refractivity contribution in [3.8, 4) is 5.75 Å². The number of nitrogens with one attached hydrogen (secondary N) is 2. The number of rotatable bonds is 10. The monoisotopic (exact) mass is 557 g/mol. The Morgan fingerprint density at radius 1 is 0.875 bits per heavy atom. The van der Waals surface area contributed by atoms with E-state index in [0.717, 1.165) is 15.4 Å². The third-order valence-corrected chi connectivity index (χ3v) is 8.12. The summed E-state index contributed by atoms with van der Waals surface area (Å²) in [5.74, 6) is -0.546. The minimum Gasteiger partial charge on any atom is -0.497 e. The molecule has 0 unspecified atom stereocenters. The highest BCUT2D eigenvalue weighted by atomic mass is 32.2. The van der Waals surface area contributed by atoms with Crippen molar-refractivity contribution in [1.82, 2.24) is 5.32 Å². The molecule has 0 saturated carbocycles. The van der Waals surface area contributed by atoms with E-state index in [0.29, 0.717) is 5.75 Å². The van der Waals surface area contributed by atoms with Crippen molar-refractivity contribution in [2.75, 3.05) is 23.3 Å². The van der Waals surface area contributed by atoms with Crippen LogP contribution in [0.3, 0.4) is 0 Å². The lowest BCUT2D eigenvalue weighted by Gasteiger charge is -2.25. The summed E-state index contributed by atoms with van der Waals surface area (Å²) in [7, 11) is -2.64. The van der Waals surface area contributed by atoms with Crippen molar-refractivity contribution >= 4 is 33.2 Å². The van der Waals surface area contributed by atoms with Crippen LogP contribution in [0, 0.1) is 6.92 Å². The van der Waals surface area contributed by atoms with Crippen LogP contribution in [0.1, 0.15) is 34.5 Å². The first kappa shape index (κ1) is 28.4. The normalized spacial score (nSPS) is 11.8. The van der Waals surface area contributed by atoms with Crippen LogP contribution in [0.15, 0.2) is 108 Å². The van der Waals surface area contributed by atoms with E-state index < -0.39 is 22.5 Å². The number of hydrogen-bond acceptors (Lipinski definition) is 5. The summed E-state index contributed by atoms with van der Waals surface area (Å²) in [4.78, 5) is 26.5. The second kappa shape index (κ2) is 12.5. The standard InChI is InChI=1S/C31H31N3O5S/c1-22-16-18-27(19-17-22)40(37,38)34(25-12-9-13-26(20-25)39-3)21-30(35)33-29-15-8-7-14-28(29)31(36)32-23(2)24-10-5-4-6-11-24/h4-20,23H,21H2,1-3H3,(H,32,36)(H,33,35)/t23-/m0/s1. The first-order chi connectivity index (χ1) is 19.2. The number of carbonyl (C=O) groups excluding carboxylic acids is 2. The molecule has 1 atom stereocenters. The molecule has 206 valence electrons. The Balaban J connectivity index is 1.59. The fraction of sp³-hybridized carbons (Fsp3) is 0.161. The van der Waals surface area contributed by atoms with Crippen molar-refractivity contribution < 1.29 is 22.7 Å². The van der Waals surface area contributed by atoms with Crippen molar-refractivity contribution in [2.45, 2.75) is 24.8 Å². The molecule has 0 aliphatic carbocycles. The Kier molecular flexibility index (Phi) is 8.86. The van der Waals surface area contributed by atoms with Crippen LogP contribution in [0.2, 0.25) is 0 Å². The zero-order chi connectivity index (χ0) is 28.7. The van der Waals surface area contributed by atoms with Gasteiger partial charge in [0.15, 0.2) is 0 Å². The van der Waals surface area contributed by atoms with Crippen LogP contribution < -0.4 is 19.7 Å². The van der Waals surface area contributed by atoms with Crippen LogP contribution in [0.4, 0.5) is 11.4 Å². The highest BCUT2D eigenvalue weighted by Gasteiger charge is 2.28. The van der Waals surface area contributed by atoms with Crippen LogP contribution in [-0.2, 0) is 14.8 Å². The largest absolute Gasteiger partial charge is 0.497 e. The van der Waals surface area contributed by atoms with E-state index in [1.54, 1.807) is 60.7 Å². The number of hydrogen-bond donors (Lipinski definition) is 2. The Morgan fingerprint density at radius 2 is 1.55 bits per heavy atom. The lowest BCUT2D eigenvalue weighted by atomic mass is 10.1. The van der Waals surface area contributed by atoms with Gasteiger partial charge in [-0.15, -0.1) is 0 Å². The second-order valence-corrected chi connectivity index (χ2v) is 11.1. The summed E-state index contributed by atoms with van der Waals surface area (Å²) in [5, 5.41) is 5.67. The van der Waals surface area contributed by atoms with Gasteiger partial charge in [-0.05, 0) is 55.8 Å². The maximum atomic E-state index is 13.7. The predicted molar refractivity (Wildman–Crippen MR) is 156 cm³/mol. The molecule has 4 rings (SSSR count). The fourth-order valence-corrected chi connectivity index (χ4v) is 5.54. The Morgan fingerprint density at radius 3 is 2.25 bits per heavy atom. The minimum absolute atomic E-state index is 0.0448. The summed E-state index contributed by atoms with van der Waals surface area (Å²) in [6, 6.07) is 28.7.